The highest BCUT2D eigenvalue weighted by Crippen LogP contribution is 2.36. The first-order chi connectivity index (χ1) is 15.3. The number of rotatable bonds is 12. The van der Waals surface area contributed by atoms with Crippen LogP contribution in [0.3, 0.4) is 0 Å². The molecule has 1 rings (SSSR count). The van der Waals surface area contributed by atoms with Crippen LogP contribution in [0.2, 0.25) is 0 Å². The second-order valence-electron chi connectivity index (χ2n) is 12.1. The Balaban J connectivity index is 2.19. The Bertz CT molecular complexity index is 622. The zero-order valence-electron chi connectivity index (χ0n) is 21.9. The number of carbonyl (C=O) groups is 3. The second-order valence-corrected chi connectivity index (χ2v) is 12.1. The second kappa shape index (κ2) is 13.8. The number of hydrogen-bond donors (Lipinski definition) is 3. The first-order valence-corrected chi connectivity index (χ1v) is 12.7. The van der Waals surface area contributed by atoms with Gasteiger partial charge in [0, 0.05) is 19.5 Å². The van der Waals surface area contributed by atoms with E-state index in [9.17, 15) is 14.4 Å². The standard InChI is InChI=1S/C26H49N3O4/c1-25(2,3)16-21(26(4,5)6)23(31)33-14-9-7-8-13-22(30)28-17-19-11-10-12-20(15-19)18-29-24(27)32/h19-21H,7-18H2,1-6H3,(H,28,30)(H3,27,29,32). The molecule has 192 valence electrons. The summed E-state index contributed by atoms with van der Waals surface area (Å²) in [7, 11) is 0. The van der Waals surface area contributed by atoms with E-state index < -0.39 is 6.03 Å². The van der Waals surface area contributed by atoms with Crippen LogP contribution >= 0.6 is 0 Å². The normalized spacial score (nSPS) is 20.1. The van der Waals surface area contributed by atoms with Crippen LogP contribution < -0.4 is 16.4 Å². The Morgan fingerprint density at radius 3 is 2.09 bits per heavy atom. The van der Waals surface area contributed by atoms with E-state index in [0.29, 0.717) is 38.0 Å². The van der Waals surface area contributed by atoms with E-state index in [0.717, 1.165) is 51.4 Å². The fraction of sp³-hybridized carbons (Fsp3) is 0.885. The van der Waals surface area contributed by atoms with Crippen molar-refractivity contribution in [1.29, 1.82) is 0 Å². The van der Waals surface area contributed by atoms with Crippen LogP contribution in [0.4, 0.5) is 4.79 Å². The summed E-state index contributed by atoms with van der Waals surface area (Å²) in [6.07, 6.45) is 8.09. The first kappa shape index (κ1) is 29.2. The summed E-state index contributed by atoms with van der Waals surface area (Å²) >= 11 is 0. The van der Waals surface area contributed by atoms with E-state index in [1.165, 1.54) is 0 Å². The van der Waals surface area contributed by atoms with Gasteiger partial charge >= 0.3 is 12.0 Å². The van der Waals surface area contributed by atoms with Gasteiger partial charge in [0.1, 0.15) is 0 Å². The highest BCUT2D eigenvalue weighted by molar-refractivity contribution is 5.75. The van der Waals surface area contributed by atoms with Crippen molar-refractivity contribution in [2.75, 3.05) is 19.7 Å². The van der Waals surface area contributed by atoms with Gasteiger partial charge in [-0.05, 0) is 67.6 Å². The minimum Gasteiger partial charge on any atom is -0.465 e. The van der Waals surface area contributed by atoms with Gasteiger partial charge in [0.2, 0.25) is 5.91 Å². The molecule has 1 aliphatic rings. The summed E-state index contributed by atoms with van der Waals surface area (Å²) in [5.74, 6) is 0.770. The molecule has 0 saturated heterocycles. The first-order valence-electron chi connectivity index (χ1n) is 12.7. The molecule has 0 aromatic carbocycles. The summed E-state index contributed by atoms with van der Waals surface area (Å²) in [4.78, 5) is 35.7. The van der Waals surface area contributed by atoms with Gasteiger partial charge in [-0.3, -0.25) is 9.59 Å². The Kier molecular flexibility index (Phi) is 12.2. The topological polar surface area (TPSA) is 111 Å². The Hall–Kier alpha value is -1.79. The number of primary amides is 1. The molecular weight excluding hydrogens is 418 g/mol. The summed E-state index contributed by atoms with van der Waals surface area (Å²) in [5.41, 5.74) is 5.10. The fourth-order valence-electron chi connectivity index (χ4n) is 4.56. The SMILES string of the molecule is CC(C)(C)CC(C(=O)OCCCCCC(=O)NCC1CCCC(CNC(N)=O)C1)C(C)(C)C. The lowest BCUT2D eigenvalue weighted by atomic mass is 9.72. The smallest absolute Gasteiger partial charge is 0.312 e. The molecule has 4 N–H and O–H groups in total. The molecule has 0 aromatic heterocycles. The molecule has 0 aromatic rings. The van der Waals surface area contributed by atoms with E-state index >= 15 is 0 Å². The lowest BCUT2D eigenvalue weighted by Gasteiger charge is -2.33. The van der Waals surface area contributed by atoms with Crippen LogP contribution in [0.5, 0.6) is 0 Å². The van der Waals surface area contributed by atoms with E-state index in [-0.39, 0.29) is 28.6 Å². The van der Waals surface area contributed by atoms with Crippen LogP contribution in [0.1, 0.15) is 99.3 Å². The molecule has 33 heavy (non-hydrogen) atoms. The molecule has 1 fully saturated rings. The summed E-state index contributed by atoms with van der Waals surface area (Å²) in [5, 5.41) is 5.76. The van der Waals surface area contributed by atoms with Crippen molar-refractivity contribution in [2.24, 2.45) is 34.3 Å². The number of nitrogens with two attached hydrogens (primary N) is 1. The number of amides is 3. The number of urea groups is 1. The van der Waals surface area contributed by atoms with Crippen LogP contribution in [0.25, 0.3) is 0 Å². The van der Waals surface area contributed by atoms with Crippen molar-refractivity contribution in [3.8, 4) is 0 Å². The molecule has 1 saturated carbocycles. The van der Waals surface area contributed by atoms with Crippen LogP contribution in [0.15, 0.2) is 0 Å². The molecule has 0 heterocycles. The minimum absolute atomic E-state index is 0.0727. The predicted molar refractivity (Wildman–Crippen MR) is 132 cm³/mol. The molecule has 0 bridgehead atoms. The molecule has 0 radical (unpaired) electrons. The quantitative estimate of drug-likeness (QED) is 0.283. The van der Waals surface area contributed by atoms with Gasteiger partial charge in [0.05, 0.1) is 12.5 Å². The summed E-state index contributed by atoms with van der Waals surface area (Å²) in [6.45, 7) is 14.5. The molecule has 0 aliphatic heterocycles. The molecule has 7 heteroatoms. The van der Waals surface area contributed by atoms with Gasteiger partial charge in [-0.1, -0.05) is 48.0 Å². The highest BCUT2D eigenvalue weighted by Gasteiger charge is 2.35. The molecule has 3 unspecified atom stereocenters. The van der Waals surface area contributed by atoms with Gasteiger partial charge in [-0.25, -0.2) is 4.79 Å². The third kappa shape index (κ3) is 13.5. The zero-order valence-corrected chi connectivity index (χ0v) is 21.9. The maximum atomic E-state index is 12.6. The number of carbonyl (C=O) groups excluding carboxylic acids is 3. The molecule has 7 nitrogen and oxygen atoms in total. The molecular formula is C26H49N3O4. The minimum atomic E-state index is -0.473. The average molecular weight is 468 g/mol. The van der Waals surface area contributed by atoms with Crippen molar-refractivity contribution < 1.29 is 19.1 Å². The third-order valence-electron chi connectivity index (χ3n) is 6.48. The van der Waals surface area contributed by atoms with Crippen molar-refractivity contribution in [3.05, 3.63) is 0 Å². The van der Waals surface area contributed by atoms with E-state index in [4.69, 9.17) is 10.5 Å². The summed E-state index contributed by atoms with van der Waals surface area (Å²) < 4.78 is 5.58. The maximum Gasteiger partial charge on any atom is 0.312 e. The monoisotopic (exact) mass is 467 g/mol. The van der Waals surface area contributed by atoms with E-state index in [1.54, 1.807) is 0 Å². The Labute approximate surface area is 201 Å². The van der Waals surface area contributed by atoms with Gasteiger partial charge in [-0.15, -0.1) is 0 Å². The number of esters is 1. The van der Waals surface area contributed by atoms with Gasteiger partial charge < -0.3 is 21.1 Å². The third-order valence-corrected chi connectivity index (χ3v) is 6.48. The molecule has 3 amide bonds. The van der Waals surface area contributed by atoms with Crippen LogP contribution in [0, 0.1) is 28.6 Å². The van der Waals surface area contributed by atoms with Crippen LogP contribution in [-0.2, 0) is 14.3 Å². The van der Waals surface area contributed by atoms with Gasteiger partial charge in [0.15, 0.2) is 0 Å². The highest BCUT2D eigenvalue weighted by atomic mass is 16.5. The molecule has 3 atom stereocenters. The van der Waals surface area contributed by atoms with Crippen molar-refractivity contribution >= 4 is 17.9 Å². The number of nitrogens with one attached hydrogen (secondary N) is 2. The average Bonchev–Trinajstić information content (AvgIpc) is 2.70. The van der Waals surface area contributed by atoms with E-state index in [1.807, 2.05) is 0 Å². The summed E-state index contributed by atoms with van der Waals surface area (Å²) in [6, 6.07) is -0.473. The number of unbranched alkanes of at least 4 members (excludes halogenated alkanes) is 2. The lowest BCUT2D eigenvalue weighted by Crippen LogP contribution is -2.37. The fourth-order valence-corrected chi connectivity index (χ4v) is 4.56. The largest absolute Gasteiger partial charge is 0.465 e. The Morgan fingerprint density at radius 2 is 1.55 bits per heavy atom. The van der Waals surface area contributed by atoms with Gasteiger partial charge in [0.25, 0.3) is 0 Å². The van der Waals surface area contributed by atoms with Crippen molar-refractivity contribution in [2.45, 2.75) is 99.3 Å². The maximum absolute atomic E-state index is 12.6. The van der Waals surface area contributed by atoms with Crippen molar-refractivity contribution in [3.63, 3.8) is 0 Å². The number of ether oxygens (including phenoxy) is 1. The number of hydrogen-bond acceptors (Lipinski definition) is 4. The zero-order chi connectivity index (χ0) is 25.1. The van der Waals surface area contributed by atoms with Gasteiger partial charge in [-0.2, -0.15) is 0 Å². The Morgan fingerprint density at radius 1 is 0.939 bits per heavy atom. The van der Waals surface area contributed by atoms with E-state index in [2.05, 4.69) is 52.2 Å². The molecule has 0 spiro atoms. The van der Waals surface area contributed by atoms with Crippen molar-refractivity contribution in [1.82, 2.24) is 10.6 Å². The van der Waals surface area contributed by atoms with Crippen LogP contribution in [-0.4, -0.2) is 37.6 Å². The lowest BCUT2D eigenvalue weighted by molar-refractivity contribution is -0.154. The predicted octanol–water partition coefficient (Wildman–Crippen LogP) is 4.78. The molecule has 1 aliphatic carbocycles.